The van der Waals surface area contributed by atoms with E-state index in [9.17, 15) is 8.42 Å². The van der Waals surface area contributed by atoms with Crippen LogP contribution in [0.1, 0.15) is 22.3 Å². The zero-order valence-corrected chi connectivity index (χ0v) is 12.2. The van der Waals surface area contributed by atoms with E-state index in [1.165, 1.54) is 0 Å². The largest absolute Gasteiger partial charge is 0.223 e. The number of aryl methyl sites for hydroxylation is 2. The lowest BCUT2D eigenvalue weighted by atomic mass is 10.2. The van der Waals surface area contributed by atoms with Gasteiger partial charge in [-0.15, -0.1) is 0 Å². The van der Waals surface area contributed by atoms with Gasteiger partial charge in [-0.3, -0.25) is 0 Å². The molecule has 0 heterocycles. The van der Waals surface area contributed by atoms with Gasteiger partial charge in [-0.25, -0.2) is 8.42 Å². The van der Waals surface area contributed by atoms with Crippen molar-refractivity contribution in [1.29, 1.82) is 5.26 Å². The Balaban J connectivity index is 2.41. The minimum absolute atomic E-state index is 0.0905. The quantitative estimate of drug-likeness (QED) is 0.870. The van der Waals surface area contributed by atoms with Crippen molar-refractivity contribution >= 4 is 9.84 Å². The molecule has 20 heavy (non-hydrogen) atoms. The molecule has 0 aliphatic carbocycles. The van der Waals surface area contributed by atoms with Crippen molar-refractivity contribution in [3.63, 3.8) is 0 Å². The minimum atomic E-state index is -3.40. The lowest BCUT2D eigenvalue weighted by Gasteiger charge is -2.09. The van der Waals surface area contributed by atoms with Gasteiger partial charge in [0.1, 0.15) is 0 Å². The van der Waals surface area contributed by atoms with E-state index in [1.807, 2.05) is 25.1 Å². The maximum Gasteiger partial charge on any atom is 0.182 e. The van der Waals surface area contributed by atoms with E-state index >= 15 is 0 Å². The predicted molar refractivity (Wildman–Crippen MR) is 78.0 cm³/mol. The Kier molecular flexibility index (Phi) is 3.91. The number of hydrogen-bond donors (Lipinski definition) is 0. The normalized spacial score (nSPS) is 11.1. The molecule has 0 atom stereocenters. The summed E-state index contributed by atoms with van der Waals surface area (Å²) in [6, 6.07) is 14.1. The average Bonchev–Trinajstić information content (AvgIpc) is 2.41. The SMILES string of the molecule is Cc1ccc(C)c(S(=O)(=O)Cc2cccc(C#N)c2)c1. The second-order valence-electron chi connectivity index (χ2n) is 4.84. The van der Waals surface area contributed by atoms with Crippen LogP contribution in [0.5, 0.6) is 0 Å². The van der Waals surface area contributed by atoms with E-state index in [-0.39, 0.29) is 5.75 Å². The van der Waals surface area contributed by atoms with Crippen LogP contribution in [0, 0.1) is 25.2 Å². The molecule has 0 unspecified atom stereocenters. The molecule has 0 aliphatic heterocycles. The third-order valence-electron chi connectivity index (χ3n) is 3.09. The molecular weight excluding hydrogens is 270 g/mol. The summed E-state index contributed by atoms with van der Waals surface area (Å²) in [5.41, 5.74) is 2.76. The molecule has 3 nitrogen and oxygen atoms in total. The molecule has 0 N–H and O–H groups in total. The summed E-state index contributed by atoms with van der Waals surface area (Å²) < 4.78 is 25.0. The van der Waals surface area contributed by atoms with E-state index in [4.69, 9.17) is 5.26 Å². The van der Waals surface area contributed by atoms with E-state index in [1.54, 1.807) is 37.3 Å². The molecule has 2 aromatic rings. The van der Waals surface area contributed by atoms with Crippen LogP contribution in [0.2, 0.25) is 0 Å². The molecule has 4 heteroatoms. The lowest BCUT2D eigenvalue weighted by molar-refractivity contribution is 0.594. The van der Waals surface area contributed by atoms with E-state index in [2.05, 4.69) is 0 Å². The molecule has 0 spiro atoms. The Labute approximate surface area is 119 Å². The molecule has 0 bridgehead atoms. The number of sulfone groups is 1. The highest BCUT2D eigenvalue weighted by molar-refractivity contribution is 7.90. The molecule has 0 aromatic heterocycles. The summed E-state index contributed by atoms with van der Waals surface area (Å²) in [4.78, 5) is 0.361. The monoisotopic (exact) mass is 285 g/mol. The first-order valence-corrected chi connectivity index (χ1v) is 7.86. The molecule has 0 radical (unpaired) electrons. The number of hydrogen-bond acceptors (Lipinski definition) is 3. The third kappa shape index (κ3) is 3.06. The van der Waals surface area contributed by atoms with Crippen LogP contribution in [-0.2, 0) is 15.6 Å². The summed E-state index contributed by atoms with van der Waals surface area (Å²) in [5, 5.41) is 8.86. The highest BCUT2D eigenvalue weighted by atomic mass is 32.2. The van der Waals surface area contributed by atoms with Crippen LogP contribution in [0.3, 0.4) is 0 Å². The van der Waals surface area contributed by atoms with Crippen LogP contribution < -0.4 is 0 Å². The van der Waals surface area contributed by atoms with Crippen molar-refractivity contribution in [3.8, 4) is 6.07 Å². The Hall–Kier alpha value is -2.12. The fraction of sp³-hybridized carbons (Fsp3) is 0.188. The zero-order valence-electron chi connectivity index (χ0n) is 11.4. The maximum absolute atomic E-state index is 12.5. The second-order valence-corrected chi connectivity index (χ2v) is 6.80. The van der Waals surface area contributed by atoms with E-state index in [0.29, 0.717) is 16.0 Å². The van der Waals surface area contributed by atoms with Gasteiger partial charge in [-0.1, -0.05) is 24.3 Å². The van der Waals surface area contributed by atoms with Gasteiger partial charge < -0.3 is 0 Å². The molecule has 2 aromatic carbocycles. The number of rotatable bonds is 3. The van der Waals surface area contributed by atoms with Crippen molar-refractivity contribution in [2.75, 3.05) is 0 Å². The summed E-state index contributed by atoms with van der Waals surface area (Å²) in [7, 11) is -3.40. The highest BCUT2D eigenvalue weighted by Gasteiger charge is 2.18. The van der Waals surface area contributed by atoms with Gasteiger partial charge in [0, 0.05) is 0 Å². The van der Waals surface area contributed by atoms with Crippen LogP contribution in [0.4, 0.5) is 0 Å². The summed E-state index contributed by atoms with van der Waals surface area (Å²) in [5.74, 6) is -0.0905. The molecule has 0 fully saturated rings. The Morgan fingerprint density at radius 2 is 1.85 bits per heavy atom. The van der Waals surface area contributed by atoms with Gasteiger partial charge in [0.25, 0.3) is 0 Å². The fourth-order valence-electron chi connectivity index (χ4n) is 2.07. The van der Waals surface area contributed by atoms with Crippen LogP contribution >= 0.6 is 0 Å². The topological polar surface area (TPSA) is 57.9 Å². The number of nitrogens with zero attached hydrogens (tertiary/aromatic N) is 1. The first-order chi connectivity index (χ1) is 9.42. The van der Waals surface area contributed by atoms with Gasteiger partial charge in [-0.05, 0) is 48.7 Å². The predicted octanol–water partition coefficient (Wildman–Crippen LogP) is 3.15. The van der Waals surface area contributed by atoms with Crippen molar-refractivity contribution in [3.05, 3.63) is 64.7 Å². The highest BCUT2D eigenvalue weighted by Crippen LogP contribution is 2.21. The molecule has 0 saturated heterocycles. The zero-order chi connectivity index (χ0) is 14.8. The van der Waals surface area contributed by atoms with Crippen LogP contribution in [0.15, 0.2) is 47.4 Å². The van der Waals surface area contributed by atoms with Gasteiger partial charge in [0.05, 0.1) is 22.3 Å². The van der Waals surface area contributed by atoms with Crippen LogP contribution in [0.25, 0.3) is 0 Å². The van der Waals surface area contributed by atoms with Gasteiger partial charge >= 0.3 is 0 Å². The third-order valence-corrected chi connectivity index (χ3v) is 4.91. The first-order valence-electron chi connectivity index (χ1n) is 6.21. The first kappa shape index (κ1) is 14.3. The average molecular weight is 285 g/mol. The van der Waals surface area contributed by atoms with Gasteiger partial charge in [0.2, 0.25) is 0 Å². The van der Waals surface area contributed by atoms with Gasteiger partial charge in [-0.2, -0.15) is 5.26 Å². The van der Waals surface area contributed by atoms with Crippen molar-refractivity contribution < 1.29 is 8.42 Å². The van der Waals surface area contributed by atoms with Crippen molar-refractivity contribution in [2.24, 2.45) is 0 Å². The summed E-state index contributed by atoms with van der Waals surface area (Å²) >= 11 is 0. The number of benzene rings is 2. The molecule has 0 amide bonds. The van der Waals surface area contributed by atoms with E-state index in [0.717, 1.165) is 11.1 Å². The minimum Gasteiger partial charge on any atom is -0.223 e. The maximum atomic E-state index is 12.5. The van der Waals surface area contributed by atoms with Crippen molar-refractivity contribution in [2.45, 2.75) is 24.5 Å². The van der Waals surface area contributed by atoms with E-state index < -0.39 is 9.84 Å². The second kappa shape index (κ2) is 5.48. The fourth-order valence-corrected chi connectivity index (χ4v) is 3.77. The molecule has 2 rings (SSSR count). The summed E-state index contributed by atoms with van der Waals surface area (Å²) in [6.45, 7) is 3.66. The van der Waals surface area contributed by atoms with Crippen LogP contribution in [-0.4, -0.2) is 8.42 Å². The number of nitriles is 1. The molecular formula is C16H15NO2S. The Morgan fingerprint density at radius 1 is 1.10 bits per heavy atom. The van der Waals surface area contributed by atoms with Gasteiger partial charge in [0.15, 0.2) is 9.84 Å². The smallest absolute Gasteiger partial charge is 0.182 e. The lowest BCUT2D eigenvalue weighted by Crippen LogP contribution is -2.07. The van der Waals surface area contributed by atoms with Crippen molar-refractivity contribution in [1.82, 2.24) is 0 Å². The Bertz CT molecular complexity index is 786. The molecule has 0 aliphatic rings. The standard InChI is InChI=1S/C16H15NO2S/c1-12-6-7-13(2)16(8-12)20(18,19)11-15-5-3-4-14(9-15)10-17/h3-9H,11H2,1-2H3. The molecule has 0 saturated carbocycles. The Morgan fingerprint density at radius 3 is 2.55 bits per heavy atom. The summed E-state index contributed by atoms with van der Waals surface area (Å²) in [6.07, 6.45) is 0. The molecule has 102 valence electrons.